The van der Waals surface area contributed by atoms with Crippen molar-refractivity contribution in [3.05, 3.63) is 78.1 Å². The summed E-state index contributed by atoms with van der Waals surface area (Å²) in [5.74, 6) is -0.153. The maximum absolute atomic E-state index is 12.0. The SMILES string of the molecule is CC(OC(=O)CCCc1ccc2ccccc2c1)c1ccncc1. The molecular formula is C21H21NO2. The smallest absolute Gasteiger partial charge is 0.306 e. The van der Waals surface area contributed by atoms with Crippen LogP contribution >= 0.6 is 0 Å². The van der Waals surface area contributed by atoms with Gasteiger partial charge >= 0.3 is 5.97 Å². The van der Waals surface area contributed by atoms with Gasteiger partial charge in [-0.1, -0.05) is 42.5 Å². The molecule has 1 unspecified atom stereocenters. The van der Waals surface area contributed by atoms with Gasteiger partial charge in [-0.15, -0.1) is 0 Å². The summed E-state index contributed by atoms with van der Waals surface area (Å²) in [4.78, 5) is 16.0. The van der Waals surface area contributed by atoms with E-state index < -0.39 is 0 Å². The van der Waals surface area contributed by atoms with Crippen molar-refractivity contribution in [2.45, 2.75) is 32.3 Å². The Hall–Kier alpha value is -2.68. The fourth-order valence-corrected chi connectivity index (χ4v) is 2.79. The van der Waals surface area contributed by atoms with Crippen LogP contribution in [-0.4, -0.2) is 11.0 Å². The van der Waals surface area contributed by atoms with Gasteiger partial charge in [0.1, 0.15) is 6.10 Å². The molecule has 3 rings (SSSR count). The molecule has 3 aromatic rings. The average molecular weight is 319 g/mol. The van der Waals surface area contributed by atoms with E-state index in [-0.39, 0.29) is 12.1 Å². The Balaban J connectivity index is 1.49. The number of pyridine rings is 1. The molecule has 0 aliphatic rings. The summed E-state index contributed by atoms with van der Waals surface area (Å²) < 4.78 is 5.48. The number of carbonyl (C=O) groups is 1. The van der Waals surface area contributed by atoms with Gasteiger partial charge in [0.15, 0.2) is 0 Å². The Labute approximate surface area is 142 Å². The van der Waals surface area contributed by atoms with Crippen molar-refractivity contribution in [2.75, 3.05) is 0 Å². The third-order valence-corrected chi connectivity index (χ3v) is 4.14. The predicted molar refractivity (Wildman–Crippen MR) is 95.6 cm³/mol. The maximum atomic E-state index is 12.0. The molecule has 3 heteroatoms. The minimum absolute atomic E-state index is 0.153. The molecule has 0 amide bonds. The Morgan fingerprint density at radius 2 is 1.79 bits per heavy atom. The molecule has 0 spiro atoms. The molecule has 0 radical (unpaired) electrons. The number of nitrogens with zero attached hydrogens (tertiary/aromatic N) is 1. The first-order valence-corrected chi connectivity index (χ1v) is 8.29. The van der Waals surface area contributed by atoms with Crippen LogP contribution in [0.15, 0.2) is 67.0 Å². The van der Waals surface area contributed by atoms with Crippen LogP contribution in [0.2, 0.25) is 0 Å². The van der Waals surface area contributed by atoms with E-state index in [1.807, 2.05) is 31.2 Å². The zero-order valence-corrected chi connectivity index (χ0v) is 13.8. The van der Waals surface area contributed by atoms with Crippen molar-refractivity contribution in [1.82, 2.24) is 4.98 Å². The summed E-state index contributed by atoms with van der Waals surface area (Å²) in [6, 6.07) is 18.5. The number of hydrogen-bond acceptors (Lipinski definition) is 3. The summed E-state index contributed by atoms with van der Waals surface area (Å²) in [7, 11) is 0. The van der Waals surface area contributed by atoms with Crippen molar-refractivity contribution in [3.8, 4) is 0 Å². The second kappa shape index (κ2) is 7.73. The van der Waals surface area contributed by atoms with Crippen molar-refractivity contribution < 1.29 is 9.53 Å². The first-order chi connectivity index (χ1) is 11.7. The highest BCUT2D eigenvalue weighted by molar-refractivity contribution is 5.83. The number of esters is 1. The Morgan fingerprint density at radius 1 is 1.04 bits per heavy atom. The minimum atomic E-state index is -0.235. The van der Waals surface area contributed by atoms with Crippen LogP contribution in [0.25, 0.3) is 10.8 Å². The monoisotopic (exact) mass is 319 g/mol. The highest BCUT2D eigenvalue weighted by Gasteiger charge is 2.11. The molecule has 0 aliphatic heterocycles. The summed E-state index contributed by atoms with van der Waals surface area (Å²) in [5.41, 5.74) is 2.22. The molecule has 3 nitrogen and oxygen atoms in total. The van der Waals surface area contributed by atoms with Gasteiger partial charge < -0.3 is 4.74 Å². The van der Waals surface area contributed by atoms with Crippen LogP contribution < -0.4 is 0 Å². The van der Waals surface area contributed by atoms with E-state index in [0.29, 0.717) is 6.42 Å². The lowest BCUT2D eigenvalue weighted by Gasteiger charge is -2.13. The van der Waals surface area contributed by atoms with Crippen molar-refractivity contribution in [2.24, 2.45) is 0 Å². The molecule has 122 valence electrons. The highest BCUT2D eigenvalue weighted by atomic mass is 16.5. The zero-order valence-electron chi connectivity index (χ0n) is 13.8. The number of fused-ring (bicyclic) bond motifs is 1. The molecule has 0 bridgehead atoms. The van der Waals surface area contributed by atoms with Gasteiger partial charge in [0.25, 0.3) is 0 Å². The number of hydrogen-bond donors (Lipinski definition) is 0. The molecule has 2 aromatic carbocycles. The standard InChI is InChI=1S/C21H21NO2/c1-16(18-11-13-22-14-12-18)24-21(23)8-4-5-17-9-10-19-6-2-3-7-20(19)15-17/h2-3,6-7,9-16H,4-5,8H2,1H3. The lowest BCUT2D eigenvalue weighted by molar-refractivity contribution is -0.148. The van der Waals surface area contributed by atoms with Gasteiger partial charge in [0.2, 0.25) is 0 Å². The number of aryl methyl sites for hydroxylation is 1. The molecule has 24 heavy (non-hydrogen) atoms. The first-order valence-electron chi connectivity index (χ1n) is 8.29. The van der Waals surface area contributed by atoms with Gasteiger partial charge in [0, 0.05) is 18.8 Å². The van der Waals surface area contributed by atoms with Crippen molar-refractivity contribution in [1.29, 1.82) is 0 Å². The second-order valence-corrected chi connectivity index (χ2v) is 5.95. The highest BCUT2D eigenvalue weighted by Crippen LogP contribution is 2.19. The molecule has 1 heterocycles. The van der Waals surface area contributed by atoms with E-state index in [1.54, 1.807) is 12.4 Å². The third-order valence-electron chi connectivity index (χ3n) is 4.14. The topological polar surface area (TPSA) is 39.2 Å². The largest absolute Gasteiger partial charge is 0.458 e. The number of aromatic nitrogens is 1. The Kier molecular flexibility index (Phi) is 5.22. The molecule has 0 fully saturated rings. The summed E-state index contributed by atoms with van der Waals surface area (Å²) in [5, 5.41) is 2.48. The number of rotatable bonds is 6. The van der Waals surface area contributed by atoms with Gasteiger partial charge in [-0.2, -0.15) is 0 Å². The van der Waals surface area contributed by atoms with E-state index >= 15 is 0 Å². The summed E-state index contributed by atoms with van der Waals surface area (Å²) in [6.07, 6.45) is 5.28. The van der Waals surface area contributed by atoms with Crippen molar-refractivity contribution >= 4 is 16.7 Å². The lowest BCUT2D eigenvalue weighted by Crippen LogP contribution is -2.09. The van der Waals surface area contributed by atoms with E-state index in [4.69, 9.17) is 4.74 Å². The fourth-order valence-electron chi connectivity index (χ4n) is 2.79. The van der Waals surface area contributed by atoms with E-state index in [1.165, 1.54) is 16.3 Å². The molecule has 0 aliphatic carbocycles. The van der Waals surface area contributed by atoms with Crippen LogP contribution in [0.1, 0.15) is 37.0 Å². The minimum Gasteiger partial charge on any atom is -0.458 e. The summed E-state index contributed by atoms with van der Waals surface area (Å²) >= 11 is 0. The van der Waals surface area contributed by atoms with Gasteiger partial charge in [-0.3, -0.25) is 9.78 Å². The number of carbonyl (C=O) groups excluding carboxylic acids is 1. The van der Waals surface area contributed by atoms with Crippen LogP contribution in [0.4, 0.5) is 0 Å². The number of benzene rings is 2. The van der Waals surface area contributed by atoms with Gasteiger partial charge in [-0.05, 0) is 53.8 Å². The Bertz CT molecular complexity index is 814. The zero-order chi connectivity index (χ0) is 16.8. The molecular weight excluding hydrogens is 298 g/mol. The molecule has 0 saturated heterocycles. The predicted octanol–water partition coefficient (Wildman–Crippen LogP) is 4.86. The molecule has 0 saturated carbocycles. The average Bonchev–Trinajstić information content (AvgIpc) is 2.62. The van der Waals surface area contributed by atoms with Crippen LogP contribution in [0.5, 0.6) is 0 Å². The Morgan fingerprint density at radius 3 is 2.58 bits per heavy atom. The van der Waals surface area contributed by atoms with Crippen LogP contribution in [0.3, 0.4) is 0 Å². The second-order valence-electron chi connectivity index (χ2n) is 5.95. The normalized spacial score (nSPS) is 12.0. The quantitative estimate of drug-likeness (QED) is 0.609. The van der Waals surface area contributed by atoms with Gasteiger partial charge in [-0.25, -0.2) is 0 Å². The van der Waals surface area contributed by atoms with Crippen LogP contribution in [-0.2, 0) is 16.0 Å². The van der Waals surface area contributed by atoms with E-state index in [2.05, 4.69) is 35.3 Å². The first kappa shape index (κ1) is 16.2. The lowest BCUT2D eigenvalue weighted by atomic mass is 10.0. The van der Waals surface area contributed by atoms with Crippen molar-refractivity contribution in [3.63, 3.8) is 0 Å². The van der Waals surface area contributed by atoms with E-state index in [0.717, 1.165) is 18.4 Å². The third kappa shape index (κ3) is 4.19. The fraction of sp³-hybridized carbons (Fsp3) is 0.238. The summed E-state index contributed by atoms with van der Waals surface area (Å²) in [6.45, 7) is 1.89. The maximum Gasteiger partial charge on any atom is 0.306 e. The molecule has 1 atom stereocenters. The molecule has 1 aromatic heterocycles. The number of ether oxygens (including phenoxy) is 1. The van der Waals surface area contributed by atoms with E-state index in [9.17, 15) is 4.79 Å². The van der Waals surface area contributed by atoms with Gasteiger partial charge in [0.05, 0.1) is 0 Å². The molecule has 0 N–H and O–H groups in total. The van der Waals surface area contributed by atoms with Crippen LogP contribution in [0, 0.1) is 0 Å².